The summed E-state index contributed by atoms with van der Waals surface area (Å²) in [6.45, 7) is 5.22. The first-order chi connectivity index (χ1) is 11.2. The summed E-state index contributed by atoms with van der Waals surface area (Å²) in [5, 5.41) is 5.00. The van der Waals surface area contributed by atoms with Crippen LogP contribution in [0.15, 0.2) is 41.8 Å². The molecule has 1 aliphatic heterocycles. The van der Waals surface area contributed by atoms with Gasteiger partial charge in [-0.2, -0.15) is 0 Å². The monoisotopic (exact) mass is 328 g/mol. The van der Waals surface area contributed by atoms with Gasteiger partial charge >= 0.3 is 0 Å². The Hall–Kier alpha value is -1.81. The number of benzene rings is 1. The standard InChI is InChI=1S/C19H24N2OS/c1-15-4-2-10-21(14-15)17-8-6-16(7-9-17)13-20-19(22)12-18-5-3-11-23-18/h3,5-9,11,15H,2,4,10,12-14H2,1H3,(H,20,22). The molecule has 0 spiro atoms. The summed E-state index contributed by atoms with van der Waals surface area (Å²) < 4.78 is 0. The fourth-order valence-electron chi connectivity index (χ4n) is 3.08. The number of nitrogens with zero attached hydrogens (tertiary/aromatic N) is 1. The zero-order chi connectivity index (χ0) is 16.1. The van der Waals surface area contributed by atoms with Crippen molar-refractivity contribution >= 4 is 22.9 Å². The van der Waals surface area contributed by atoms with Gasteiger partial charge in [0.15, 0.2) is 0 Å². The van der Waals surface area contributed by atoms with Crippen LogP contribution in [0.4, 0.5) is 5.69 Å². The van der Waals surface area contributed by atoms with Crippen LogP contribution in [0, 0.1) is 5.92 Å². The Kier molecular flexibility index (Phi) is 5.34. The summed E-state index contributed by atoms with van der Waals surface area (Å²) in [5.74, 6) is 0.862. The van der Waals surface area contributed by atoms with Crippen molar-refractivity contribution < 1.29 is 4.79 Å². The molecule has 1 N–H and O–H groups in total. The minimum atomic E-state index is 0.0846. The van der Waals surface area contributed by atoms with E-state index < -0.39 is 0 Å². The van der Waals surface area contributed by atoms with E-state index in [1.54, 1.807) is 11.3 Å². The van der Waals surface area contributed by atoms with Crippen molar-refractivity contribution in [1.82, 2.24) is 5.32 Å². The van der Waals surface area contributed by atoms with E-state index in [0.29, 0.717) is 13.0 Å². The first-order valence-corrected chi connectivity index (χ1v) is 9.21. The molecule has 1 saturated heterocycles. The zero-order valence-corrected chi connectivity index (χ0v) is 14.4. The van der Waals surface area contributed by atoms with Crippen molar-refractivity contribution in [3.05, 3.63) is 52.2 Å². The first kappa shape index (κ1) is 16.1. The van der Waals surface area contributed by atoms with Gasteiger partial charge < -0.3 is 10.2 Å². The number of thiophene rings is 1. The number of piperidine rings is 1. The van der Waals surface area contributed by atoms with Crippen molar-refractivity contribution in [3.63, 3.8) is 0 Å². The summed E-state index contributed by atoms with van der Waals surface area (Å²) in [5.41, 5.74) is 2.45. The van der Waals surface area contributed by atoms with Crippen molar-refractivity contribution in [3.8, 4) is 0 Å². The number of hydrogen-bond acceptors (Lipinski definition) is 3. The van der Waals surface area contributed by atoms with Crippen molar-refractivity contribution in [2.75, 3.05) is 18.0 Å². The number of hydrogen-bond donors (Lipinski definition) is 1. The number of rotatable bonds is 5. The molecule has 1 unspecified atom stereocenters. The minimum absolute atomic E-state index is 0.0846. The Labute approximate surface area is 142 Å². The van der Waals surface area contributed by atoms with Crippen molar-refractivity contribution in [2.45, 2.75) is 32.7 Å². The third-order valence-corrected chi connectivity index (χ3v) is 5.24. The summed E-state index contributed by atoms with van der Waals surface area (Å²) in [7, 11) is 0. The van der Waals surface area contributed by atoms with Crippen LogP contribution in [0.2, 0.25) is 0 Å². The molecule has 1 atom stereocenters. The van der Waals surface area contributed by atoms with Crippen LogP contribution in [0.1, 0.15) is 30.2 Å². The Morgan fingerprint density at radius 3 is 2.83 bits per heavy atom. The highest BCUT2D eigenvalue weighted by atomic mass is 32.1. The molecule has 0 bridgehead atoms. The molecule has 3 nitrogen and oxygen atoms in total. The lowest BCUT2D eigenvalue weighted by Gasteiger charge is -2.32. The highest BCUT2D eigenvalue weighted by Gasteiger charge is 2.16. The van der Waals surface area contributed by atoms with E-state index >= 15 is 0 Å². The van der Waals surface area contributed by atoms with Crippen LogP contribution in [0.25, 0.3) is 0 Å². The van der Waals surface area contributed by atoms with E-state index in [9.17, 15) is 4.79 Å². The molecule has 23 heavy (non-hydrogen) atoms. The average Bonchev–Trinajstić information content (AvgIpc) is 3.06. The Morgan fingerprint density at radius 1 is 1.30 bits per heavy atom. The van der Waals surface area contributed by atoms with Gasteiger partial charge in [-0.3, -0.25) is 4.79 Å². The molecule has 122 valence electrons. The van der Waals surface area contributed by atoms with E-state index in [0.717, 1.165) is 29.4 Å². The number of anilines is 1. The van der Waals surface area contributed by atoms with E-state index in [1.165, 1.54) is 18.5 Å². The molecule has 1 aromatic carbocycles. The predicted octanol–water partition coefficient (Wildman–Crippen LogP) is 3.84. The smallest absolute Gasteiger partial charge is 0.225 e. The Morgan fingerprint density at radius 2 is 2.13 bits per heavy atom. The van der Waals surface area contributed by atoms with Crippen LogP contribution >= 0.6 is 11.3 Å². The molecule has 2 aromatic rings. The molecule has 0 aliphatic carbocycles. The molecule has 0 radical (unpaired) electrons. The van der Waals surface area contributed by atoms with Crippen LogP contribution in [-0.2, 0) is 17.8 Å². The van der Waals surface area contributed by atoms with Crippen LogP contribution in [-0.4, -0.2) is 19.0 Å². The molecule has 1 aromatic heterocycles. The van der Waals surface area contributed by atoms with E-state index in [2.05, 4.69) is 41.4 Å². The Bertz CT molecular complexity index is 621. The fraction of sp³-hybridized carbons (Fsp3) is 0.421. The molecular weight excluding hydrogens is 304 g/mol. The van der Waals surface area contributed by atoms with Gasteiger partial charge in [0.25, 0.3) is 0 Å². The quantitative estimate of drug-likeness (QED) is 0.904. The zero-order valence-electron chi connectivity index (χ0n) is 13.6. The lowest BCUT2D eigenvalue weighted by atomic mass is 9.99. The van der Waals surface area contributed by atoms with Crippen molar-refractivity contribution in [1.29, 1.82) is 0 Å². The van der Waals surface area contributed by atoms with Gasteiger partial charge in [-0.25, -0.2) is 0 Å². The fourth-order valence-corrected chi connectivity index (χ4v) is 3.79. The topological polar surface area (TPSA) is 32.3 Å². The molecule has 1 fully saturated rings. The van der Waals surface area contributed by atoms with Gasteiger partial charge in [0.05, 0.1) is 6.42 Å². The van der Waals surface area contributed by atoms with Crippen LogP contribution < -0.4 is 10.2 Å². The van der Waals surface area contributed by atoms with Gasteiger partial charge in [0.2, 0.25) is 5.91 Å². The number of amides is 1. The van der Waals surface area contributed by atoms with Gasteiger partial charge in [0.1, 0.15) is 0 Å². The molecule has 0 saturated carbocycles. The van der Waals surface area contributed by atoms with Gasteiger partial charge in [-0.1, -0.05) is 25.1 Å². The maximum Gasteiger partial charge on any atom is 0.225 e. The average molecular weight is 328 g/mol. The summed E-state index contributed by atoms with van der Waals surface area (Å²) in [6, 6.07) is 12.6. The lowest BCUT2D eigenvalue weighted by molar-refractivity contribution is -0.120. The maximum atomic E-state index is 11.9. The van der Waals surface area contributed by atoms with Gasteiger partial charge in [-0.05, 0) is 47.9 Å². The molecule has 2 heterocycles. The van der Waals surface area contributed by atoms with E-state index in [4.69, 9.17) is 0 Å². The molecule has 1 amide bonds. The predicted molar refractivity (Wildman–Crippen MR) is 96.9 cm³/mol. The minimum Gasteiger partial charge on any atom is -0.371 e. The third kappa shape index (κ3) is 4.58. The first-order valence-electron chi connectivity index (χ1n) is 8.33. The molecule has 4 heteroatoms. The summed E-state index contributed by atoms with van der Waals surface area (Å²) in [6.07, 6.45) is 3.09. The summed E-state index contributed by atoms with van der Waals surface area (Å²) >= 11 is 1.62. The third-order valence-electron chi connectivity index (χ3n) is 4.36. The second-order valence-electron chi connectivity index (χ2n) is 6.39. The van der Waals surface area contributed by atoms with Gasteiger partial charge in [-0.15, -0.1) is 11.3 Å². The van der Waals surface area contributed by atoms with Crippen LogP contribution in [0.5, 0.6) is 0 Å². The Balaban J connectivity index is 1.50. The largest absolute Gasteiger partial charge is 0.371 e. The second-order valence-corrected chi connectivity index (χ2v) is 7.42. The number of nitrogens with one attached hydrogen (secondary N) is 1. The second kappa shape index (κ2) is 7.64. The summed E-state index contributed by atoms with van der Waals surface area (Å²) in [4.78, 5) is 15.5. The normalized spacial score (nSPS) is 18.0. The number of carbonyl (C=O) groups is 1. The van der Waals surface area contributed by atoms with E-state index in [-0.39, 0.29) is 5.91 Å². The lowest BCUT2D eigenvalue weighted by Crippen LogP contribution is -2.34. The highest BCUT2D eigenvalue weighted by molar-refractivity contribution is 7.10. The van der Waals surface area contributed by atoms with Crippen LogP contribution in [0.3, 0.4) is 0 Å². The molecular formula is C19H24N2OS. The molecule has 3 rings (SSSR count). The SMILES string of the molecule is CC1CCCN(c2ccc(CNC(=O)Cc3cccs3)cc2)C1. The molecule has 1 aliphatic rings. The highest BCUT2D eigenvalue weighted by Crippen LogP contribution is 2.23. The van der Waals surface area contributed by atoms with Gasteiger partial charge in [0, 0.05) is 30.2 Å². The van der Waals surface area contributed by atoms with E-state index in [1.807, 2.05) is 17.5 Å². The maximum absolute atomic E-state index is 11.9. The number of carbonyl (C=O) groups excluding carboxylic acids is 1. The van der Waals surface area contributed by atoms with Crippen molar-refractivity contribution in [2.24, 2.45) is 5.92 Å².